The predicted octanol–water partition coefficient (Wildman–Crippen LogP) is 4.22. The molecular weight excluding hydrogens is 364 g/mol. The van der Waals surface area contributed by atoms with Gasteiger partial charge in [0.05, 0.1) is 11.1 Å². The Bertz CT molecular complexity index is 764. The van der Waals surface area contributed by atoms with Crippen molar-refractivity contribution in [2.45, 2.75) is 26.3 Å². The van der Waals surface area contributed by atoms with Crippen molar-refractivity contribution in [3.05, 3.63) is 52.2 Å². The van der Waals surface area contributed by atoms with Crippen LogP contribution in [0.1, 0.15) is 34.5 Å². The number of pyridine rings is 1. The molecule has 5 nitrogen and oxygen atoms in total. The second kappa shape index (κ2) is 8.80. The molecule has 0 radical (unpaired) electrons. The van der Waals surface area contributed by atoms with Gasteiger partial charge < -0.3 is 15.4 Å². The predicted molar refractivity (Wildman–Crippen MR) is 97.4 cm³/mol. The molecule has 1 amide bonds. The molecule has 8 heteroatoms. The Morgan fingerprint density at radius 2 is 2.08 bits per heavy atom. The van der Waals surface area contributed by atoms with E-state index in [4.69, 9.17) is 16.3 Å². The molecule has 0 bridgehead atoms. The van der Waals surface area contributed by atoms with Gasteiger partial charge in [0, 0.05) is 18.8 Å². The normalized spacial score (nSPS) is 12.0. The van der Waals surface area contributed by atoms with Crippen molar-refractivity contribution in [2.24, 2.45) is 0 Å². The van der Waals surface area contributed by atoms with Crippen LogP contribution in [0.25, 0.3) is 0 Å². The number of carbonyl (C=O) groups is 1. The standard InChI is InChI=1S/C18H20ClF2N3O2/c1-10-6-13(7-14(19)17(10)26-9-15(20)21)11(2)24-18(25)12-4-5-23-16(8-12)22-3/h4-8,11,15H,9H2,1-3H3,(H,22,23)(H,24,25). The van der Waals surface area contributed by atoms with Gasteiger partial charge in [-0.05, 0) is 43.2 Å². The first-order chi connectivity index (χ1) is 12.3. The fraction of sp³-hybridized carbons (Fsp3) is 0.333. The van der Waals surface area contributed by atoms with Crippen molar-refractivity contribution in [1.29, 1.82) is 0 Å². The monoisotopic (exact) mass is 383 g/mol. The number of nitrogens with one attached hydrogen (secondary N) is 2. The third-order valence-corrected chi connectivity index (χ3v) is 4.01. The maximum Gasteiger partial charge on any atom is 0.272 e. The number of ether oxygens (including phenoxy) is 1. The number of anilines is 1. The van der Waals surface area contributed by atoms with Gasteiger partial charge in [-0.2, -0.15) is 0 Å². The van der Waals surface area contributed by atoms with Crippen LogP contribution in [0.3, 0.4) is 0 Å². The van der Waals surface area contributed by atoms with Crippen molar-refractivity contribution in [1.82, 2.24) is 10.3 Å². The summed E-state index contributed by atoms with van der Waals surface area (Å²) in [6.45, 7) is 2.80. The van der Waals surface area contributed by atoms with Crippen molar-refractivity contribution in [3.63, 3.8) is 0 Å². The van der Waals surface area contributed by atoms with E-state index in [2.05, 4.69) is 15.6 Å². The Morgan fingerprint density at radius 3 is 2.69 bits per heavy atom. The highest BCUT2D eigenvalue weighted by Gasteiger charge is 2.16. The molecule has 1 atom stereocenters. The minimum Gasteiger partial charge on any atom is -0.486 e. The Hall–Kier alpha value is -2.41. The van der Waals surface area contributed by atoms with Gasteiger partial charge in [0.1, 0.15) is 18.2 Å². The number of carbonyl (C=O) groups excluding carboxylic acids is 1. The number of aromatic nitrogens is 1. The number of aryl methyl sites for hydroxylation is 1. The number of amides is 1. The third kappa shape index (κ3) is 5.05. The van der Waals surface area contributed by atoms with Crippen LogP contribution in [0.15, 0.2) is 30.5 Å². The molecule has 2 N–H and O–H groups in total. The smallest absolute Gasteiger partial charge is 0.272 e. The second-order valence-corrected chi connectivity index (χ2v) is 6.13. The Balaban J connectivity index is 2.13. The first-order valence-corrected chi connectivity index (χ1v) is 8.35. The molecule has 1 unspecified atom stereocenters. The molecule has 0 spiro atoms. The topological polar surface area (TPSA) is 63.2 Å². The van der Waals surface area contributed by atoms with Gasteiger partial charge in [-0.3, -0.25) is 4.79 Å². The molecule has 2 rings (SSSR count). The third-order valence-electron chi connectivity index (χ3n) is 3.73. The van der Waals surface area contributed by atoms with E-state index in [0.717, 1.165) is 5.56 Å². The van der Waals surface area contributed by atoms with Gasteiger partial charge in [-0.1, -0.05) is 17.7 Å². The van der Waals surface area contributed by atoms with Crippen LogP contribution in [0.4, 0.5) is 14.6 Å². The average molecular weight is 384 g/mol. The average Bonchev–Trinajstić information content (AvgIpc) is 2.60. The highest BCUT2D eigenvalue weighted by atomic mass is 35.5. The lowest BCUT2D eigenvalue weighted by Gasteiger charge is -2.18. The molecule has 26 heavy (non-hydrogen) atoms. The zero-order valence-corrected chi connectivity index (χ0v) is 15.4. The molecule has 0 fully saturated rings. The summed E-state index contributed by atoms with van der Waals surface area (Å²) in [7, 11) is 1.72. The Morgan fingerprint density at radius 1 is 1.35 bits per heavy atom. The highest BCUT2D eigenvalue weighted by molar-refractivity contribution is 6.32. The summed E-state index contributed by atoms with van der Waals surface area (Å²) in [6, 6.07) is 6.27. The molecule has 0 aliphatic carbocycles. The van der Waals surface area contributed by atoms with E-state index in [1.165, 1.54) is 0 Å². The van der Waals surface area contributed by atoms with E-state index in [1.807, 2.05) is 6.92 Å². The maximum absolute atomic E-state index is 12.4. The van der Waals surface area contributed by atoms with Crippen LogP contribution >= 0.6 is 11.6 Å². The number of benzene rings is 1. The van der Waals surface area contributed by atoms with Crippen LogP contribution in [0.5, 0.6) is 5.75 Å². The molecule has 0 aliphatic rings. The molecule has 0 saturated carbocycles. The van der Waals surface area contributed by atoms with Crippen molar-refractivity contribution >= 4 is 23.3 Å². The molecule has 1 aromatic heterocycles. The largest absolute Gasteiger partial charge is 0.486 e. The second-order valence-electron chi connectivity index (χ2n) is 5.73. The van der Waals surface area contributed by atoms with Crippen LogP contribution in [-0.4, -0.2) is 31.0 Å². The zero-order valence-electron chi connectivity index (χ0n) is 14.6. The lowest BCUT2D eigenvalue weighted by Crippen LogP contribution is -2.26. The van der Waals surface area contributed by atoms with E-state index >= 15 is 0 Å². The quantitative estimate of drug-likeness (QED) is 0.751. The van der Waals surface area contributed by atoms with E-state index in [-0.39, 0.29) is 22.7 Å². The Kier molecular flexibility index (Phi) is 6.74. The van der Waals surface area contributed by atoms with Crippen molar-refractivity contribution < 1.29 is 18.3 Å². The number of alkyl halides is 2. The minimum atomic E-state index is -2.58. The number of nitrogens with zero attached hydrogens (tertiary/aromatic N) is 1. The van der Waals surface area contributed by atoms with Gasteiger partial charge in [0.25, 0.3) is 12.3 Å². The van der Waals surface area contributed by atoms with E-state index in [1.54, 1.807) is 44.4 Å². The molecule has 0 aliphatic heterocycles. The number of halogens is 3. The van der Waals surface area contributed by atoms with Gasteiger partial charge >= 0.3 is 0 Å². The van der Waals surface area contributed by atoms with Gasteiger partial charge in [-0.15, -0.1) is 0 Å². The Labute approximate surface area is 155 Å². The van der Waals surface area contributed by atoms with Crippen LogP contribution < -0.4 is 15.4 Å². The van der Waals surface area contributed by atoms with Crippen molar-refractivity contribution in [2.75, 3.05) is 19.0 Å². The molecule has 1 heterocycles. The summed E-state index contributed by atoms with van der Waals surface area (Å²) in [5, 5.41) is 5.97. The van der Waals surface area contributed by atoms with Gasteiger partial charge in [-0.25, -0.2) is 13.8 Å². The molecule has 0 saturated heterocycles. The van der Waals surface area contributed by atoms with Crippen molar-refractivity contribution in [3.8, 4) is 5.75 Å². The van der Waals surface area contributed by atoms with Crippen LogP contribution in [0.2, 0.25) is 5.02 Å². The van der Waals surface area contributed by atoms with Gasteiger partial charge in [0.2, 0.25) is 0 Å². The van der Waals surface area contributed by atoms with E-state index < -0.39 is 13.0 Å². The summed E-state index contributed by atoms with van der Waals surface area (Å²) < 4.78 is 29.7. The molecule has 1 aromatic carbocycles. The van der Waals surface area contributed by atoms with E-state index in [9.17, 15) is 13.6 Å². The highest BCUT2D eigenvalue weighted by Crippen LogP contribution is 2.32. The number of rotatable bonds is 7. The SMILES string of the molecule is CNc1cc(C(=O)NC(C)c2cc(C)c(OCC(F)F)c(Cl)c2)ccn1. The van der Waals surface area contributed by atoms with Gasteiger partial charge in [0.15, 0.2) is 0 Å². The fourth-order valence-corrected chi connectivity index (χ4v) is 2.74. The molecule has 140 valence electrons. The number of hydrogen-bond donors (Lipinski definition) is 2. The fourth-order valence-electron chi connectivity index (χ4n) is 2.41. The summed E-state index contributed by atoms with van der Waals surface area (Å²) in [4.78, 5) is 16.5. The lowest BCUT2D eigenvalue weighted by atomic mass is 10.0. The maximum atomic E-state index is 12.4. The molecular formula is C18H20ClF2N3O2. The minimum absolute atomic E-state index is 0.224. The summed E-state index contributed by atoms with van der Waals surface area (Å²) in [5.74, 6) is 0.551. The zero-order chi connectivity index (χ0) is 19.3. The summed E-state index contributed by atoms with van der Waals surface area (Å²) in [6.07, 6.45) is -1.03. The van der Waals surface area contributed by atoms with Crippen LogP contribution in [-0.2, 0) is 0 Å². The first kappa shape index (κ1) is 19.9. The number of hydrogen-bond acceptors (Lipinski definition) is 4. The molecule has 2 aromatic rings. The lowest BCUT2D eigenvalue weighted by molar-refractivity contribution is 0.0816. The summed E-state index contributed by atoms with van der Waals surface area (Å²) >= 11 is 6.16. The summed E-state index contributed by atoms with van der Waals surface area (Å²) in [5.41, 5.74) is 1.83. The van der Waals surface area contributed by atoms with E-state index in [0.29, 0.717) is 16.9 Å². The first-order valence-electron chi connectivity index (χ1n) is 7.97. The van der Waals surface area contributed by atoms with Crippen LogP contribution in [0, 0.1) is 6.92 Å².